The van der Waals surface area contributed by atoms with Gasteiger partial charge in [-0.3, -0.25) is 4.90 Å². The summed E-state index contributed by atoms with van der Waals surface area (Å²) in [5.74, 6) is -1.30. The molecule has 1 aromatic rings. The van der Waals surface area contributed by atoms with Crippen molar-refractivity contribution in [1.82, 2.24) is 4.90 Å². The minimum atomic E-state index is -1.03. The first-order chi connectivity index (χ1) is 10.1. The molecule has 0 atom stereocenters. The summed E-state index contributed by atoms with van der Waals surface area (Å²) in [6, 6.07) is 5.44. The number of hydrogen-bond acceptors (Lipinski definition) is 2. The zero-order valence-corrected chi connectivity index (χ0v) is 12.4. The number of benzene rings is 1. The Hall–Kier alpha value is -1.68. The van der Waals surface area contributed by atoms with Gasteiger partial charge in [0.05, 0.1) is 0 Å². The van der Waals surface area contributed by atoms with E-state index in [1.165, 1.54) is 44.2 Å². The summed E-state index contributed by atoms with van der Waals surface area (Å²) in [6.45, 7) is 0.597. The Kier molecular flexibility index (Phi) is 5.51. The second-order valence-corrected chi connectivity index (χ2v) is 5.73. The highest BCUT2D eigenvalue weighted by molar-refractivity contribution is 5.85. The van der Waals surface area contributed by atoms with Crippen molar-refractivity contribution in [2.24, 2.45) is 0 Å². The summed E-state index contributed by atoms with van der Waals surface area (Å²) in [4.78, 5) is 12.7. The molecule has 1 aliphatic rings. The highest BCUT2D eigenvalue weighted by atomic mass is 19.1. The first kappa shape index (κ1) is 15.7. The summed E-state index contributed by atoms with van der Waals surface area (Å²) in [7, 11) is 2.05. The molecule has 1 fully saturated rings. The molecule has 0 heterocycles. The number of hydrogen-bond donors (Lipinski definition) is 1. The van der Waals surface area contributed by atoms with Crippen molar-refractivity contribution in [2.75, 3.05) is 7.05 Å². The van der Waals surface area contributed by atoms with E-state index in [0.717, 1.165) is 6.08 Å². The van der Waals surface area contributed by atoms with E-state index in [1.54, 1.807) is 12.1 Å². The smallest absolute Gasteiger partial charge is 0.328 e. The van der Waals surface area contributed by atoms with E-state index in [0.29, 0.717) is 23.7 Å². The Morgan fingerprint density at radius 3 is 2.71 bits per heavy atom. The lowest BCUT2D eigenvalue weighted by Crippen LogP contribution is -2.33. The van der Waals surface area contributed by atoms with Crippen LogP contribution in [0.2, 0.25) is 0 Å². The molecule has 4 heteroatoms. The van der Waals surface area contributed by atoms with Gasteiger partial charge in [0.2, 0.25) is 0 Å². The van der Waals surface area contributed by atoms with Gasteiger partial charge in [0.1, 0.15) is 5.82 Å². The molecule has 1 saturated carbocycles. The second kappa shape index (κ2) is 7.36. The Morgan fingerprint density at radius 2 is 2.10 bits per heavy atom. The molecule has 0 unspecified atom stereocenters. The minimum absolute atomic E-state index is 0.273. The molecule has 0 bridgehead atoms. The molecular weight excluding hydrogens is 269 g/mol. The largest absolute Gasteiger partial charge is 0.478 e. The van der Waals surface area contributed by atoms with E-state index in [-0.39, 0.29) is 5.82 Å². The van der Waals surface area contributed by atoms with Crippen LogP contribution in [-0.4, -0.2) is 29.1 Å². The van der Waals surface area contributed by atoms with E-state index in [4.69, 9.17) is 5.11 Å². The minimum Gasteiger partial charge on any atom is -0.478 e. The van der Waals surface area contributed by atoms with Crippen molar-refractivity contribution in [2.45, 2.75) is 44.7 Å². The maximum absolute atomic E-state index is 14.1. The molecule has 0 aliphatic heterocycles. The third-order valence-electron chi connectivity index (χ3n) is 4.11. The monoisotopic (exact) mass is 291 g/mol. The van der Waals surface area contributed by atoms with Gasteiger partial charge in [-0.15, -0.1) is 0 Å². The lowest BCUT2D eigenvalue weighted by atomic mass is 9.94. The maximum atomic E-state index is 14.1. The van der Waals surface area contributed by atoms with Gasteiger partial charge in [-0.05, 0) is 37.6 Å². The van der Waals surface area contributed by atoms with Crippen molar-refractivity contribution in [3.63, 3.8) is 0 Å². The summed E-state index contributed by atoms with van der Waals surface area (Å²) < 4.78 is 14.1. The molecule has 1 aliphatic carbocycles. The van der Waals surface area contributed by atoms with E-state index in [9.17, 15) is 9.18 Å². The molecule has 3 nitrogen and oxygen atoms in total. The zero-order valence-electron chi connectivity index (χ0n) is 12.4. The highest BCUT2D eigenvalue weighted by Gasteiger charge is 2.18. The fourth-order valence-electron chi connectivity index (χ4n) is 2.88. The Morgan fingerprint density at radius 1 is 1.38 bits per heavy atom. The Bertz CT molecular complexity index is 522. The van der Waals surface area contributed by atoms with Crippen LogP contribution in [0.4, 0.5) is 4.39 Å². The fourth-order valence-corrected chi connectivity index (χ4v) is 2.88. The molecular formula is C17H22FNO2. The topological polar surface area (TPSA) is 40.5 Å². The predicted octanol–water partition coefficient (Wildman–Crippen LogP) is 3.69. The maximum Gasteiger partial charge on any atom is 0.328 e. The molecule has 114 valence electrons. The molecule has 21 heavy (non-hydrogen) atoms. The van der Waals surface area contributed by atoms with E-state index in [2.05, 4.69) is 4.90 Å². The number of rotatable bonds is 5. The van der Waals surface area contributed by atoms with Crippen molar-refractivity contribution in [3.05, 3.63) is 41.2 Å². The van der Waals surface area contributed by atoms with Gasteiger partial charge >= 0.3 is 5.97 Å². The van der Waals surface area contributed by atoms with Crippen LogP contribution in [0.1, 0.15) is 43.2 Å². The number of halogens is 1. The van der Waals surface area contributed by atoms with Crippen LogP contribution in [0.25, 0.3) is 6.08 Å². The van der Waals surface area contributed by atoms with Crippen molar-refractivity contribution in [1.29, 1.82) is 0 Å². The number of carboxylic acid groups (broad SMARTS) is 1. The van der Waals surface area contributed by atoms with Gasteiger partial charge in [0.15, 0.2) is 0 Å². The normalized spacial score (nSPS) is 16.7. The van der Waals surface area contributed by atoms with E-state index < -0.39 is 5.97 Å². The lowest BCUT2D eigenvalue weighted by Gasteiger charge is -2.31. The van der Waals surface area contributed by atoms with Gasteiger partial charge in [0.25, 0.3) is 0 Å². The van der Waals surface area contributed by atoms with Gasteiger partial charge in [-0.25, -0.2) is 9.18 Å². The highest BCUT2D eigenvalue weighted by Crippen LogP contribution is 2.23. The molecule has 1 aromatic carbocycles. The molecule has 2 rings (SSSR count). The molecule has 0 amide bonds. The first-order valence-electron chi connectivity index (χ1n) is 7.46. The van der Waals surface area contributed by atoms with Crippen LogP contribution >= 0.6 is 0 Å². The van der Waals surface area contributed by atoms with Crippen molar-refractivity contribution >= 4 is 12.0 Å². The average molecular weight is 291 g/mol. The average Bonchev–Trinajstić information content (AvgIpc) is 2.48. The third-order valence-corrected chi connectivity index (χ3v) is 4.11. The standard InChI is InChI=1S/C17H22FNO2/c1-19(15-5-3-2-4-6-15)12-14-9-7-13(11-16(14)18)8-10-17(20)21/h7-11,15H,2-6,12H2,1H3,(H,20,21). The van der Waals surface area contributed by atoms with Crippen molar-refractivity contribution < 1.29 is 14.3 Å². The molecule has 0 radical (unpaired) electrons. The molecule has 0 aromatic heterocycles. The van der Waals surface area contributed by atoms with Crippen LogP contribution in [-0.2, 0) is 11.3 Å². The summed E-state index contributed by atoms with van der Waals surface area (Å²) in [5.41, 5.74) is 1.23. The van der Waals surface area contributed by atoms with Gasteiger partial charge in [-0.2, -0.15) is 0 Å². The Labute approximate surface area is 125 Å². The van der Waals surface area contributed by atoms with Crippen LogP contribution in [0.5, 0.6) is 0 Å². The van der Waals surface area contributed by atoms with E-state index in [1.807, 2.05) is 7.05 Å². The van der Waals surface area contributed by atoms with Crippen LogP contribution in [0.15, 0.2) is 24.3 Å². The van der Waals surface area contributed by atoms with Gasteiger partial charge in [0, 0.05) is 24.2 Å². The molecule has 1 N–H and O–H groups in total. The first-order valence-corrected chi connectivity index (χ1v) is 7.46. The number of carbonyl (C=O) groups is 1. The summed E-state index contributed by atoms with van der Waals surface area (Å²) in [6.07, 6.45) is 8.63. The second-order valence-electron chi connectivity index (χ2n) is 5.73. The molecule has 0 spiro atoms. The SMILES string of the molecule is CN(Cc1ccc(C=CC(=O)O)cc1F)C1CCCCC1. The molecule has 0 saturated heterocycles. The number of nitrogens with zero attached hydrogens (tertiary/aromatic N) is 1. The zero-order chi connectivity index (χ0) is 15.2. The quantitative estimate of drug-likeness (QED) is 0.841. The third kappa shape index (κ3) is 4.67. The number of aliphatic carboxylic acids is 1. The van der Waals surface area contributed by atoms with Crippen LogP contribution in [0, 0.1) is 5.82 Å². The lowest BCUT2D eigenvalue weighted by molar-refractivity contribution is -0.131. The van der Waals surface area contributed by atoms with Crippen molar-refractivity contribution in [3.8, 4) is 0 Å². The van der Waals surface area contributed by atoms with Gasteiger partial charge < -0.3 is 5.11 Å². The van der Waals surface area contributed by atoms with E-state index >= 15 is 0 Å². The van der Waals surface area contributed by atoms with Gasteiger partial charge in [-0.1, -0.05) is 31.4 Å². The van der Waals surface area contributed by atoms with Crippen LogP contribution < -0.4 is 0 Å². The van der Waals surface area contributed by atoms with Crippen LogP contribution in [0.3, 0.4) is 0 Å². The number of carboxylic acids is 1. The predicted molar refractivity (Wildman–Crippen MR) is 81.4 cm³/mol. The fraction of sp³-hybridized carbons (Fsp3) is 0.471. The Balaban J connectivity index is 2.01. The summed E-state index contributed by atoms with van der Waals surface area (Å²) in [5, 5.41) is 8.57. The summed E-state index contributed by atoms with van der Waals surface area (Å²) >= 11 is 0.